The van der Waals surface area contributed by atoms with E-state index >= 15 is 52.7 Å². The van der Waals surface area contributed by atoms with Crippen molar-refractivity contribution in [3.8, 4) is 5.75 Å². The molecule has 38 heteroatoms. The molecule has 3 rings (SSSR count). The minimum absolute atomic E-state index is 0.0384. The van der Waals surface area contributed by atoms with Crippen LogP contribution in [0.15, 0.2) is 41.3 Å². The molecule has 1 saturated heterocycles. The van der Waals surface area contributed by atoms with Crippen molar-refractivity contribution in [2.24, 2.45) is 0 Å². The number of fused-ring (bicyclic) bond motifs is 1. The van der Waals surface area contributed by atoms with E-state index in [0.717, 1.165) is 0 Å². The minimum atomic E-state index is -11.2. The van der Waals surface area contributed by atoms with Crippen molar-refractivity contribution < 1.29 is 149 Å². The summed E-state index contributed by atoms with van der Waals surface area (Å²) in [5, 5.41) is -32.0. The van der Waals surface area contributed by atoms with Crippen LogP contribution < -0.4 is 4.74 Å². The molecule has 1 aliphatic heterocycles. The number of halogens is 27. The molecular formula is C31H23F27O7S4. The highest BCUT2D eigenvalue weighted by Crippen LogP contribution is 2.81. The summed E-state index contributed by atoms with van der Waals surface area (Å²) < 4.78 is 478. The fourth-order valence-corrected chi connectivity index (χ4v) is 26.3. The number of rotatable bonds is 18. The van der Waals surface area contributed by atoms with Gasteiger partial charge in [0.15, 0.2) is 0 Å². The SMILES string of the molecule is CCCCOc1ccc(S2(C(S(=O)(=O)C(F)(F)C(F)(F)C(F)(F)C(F)(F)F)(S(=O)(=O)C(F)(F)C(F)(F)C(F)(F)C(F)(F)F)S(=O)(=O)C(F)(F)C(F)(F)C(F)(F)C(F)(F)F)CCCC2)c2ccccc12. The lowest BCUT2D eigenvalue weighted by Gasteiger charge is -2.54. The van der Waals surface area contributed by atoms with Gasteiger partial charge in [0.2, 0.25) is 0 Å². The first-order valence-electron chi connectivity index (χ1n) is 17.5. The van der Waals surface area contributed by atoms with Crippen LogP contribution in [0.2, 0.25) is 0 Å². The molecule has 0 aliphatic carbocycles. The van der Waals surface area contributed by atoms with Gasteiger partial charge in [-0.05, 0) is 48.3 Å². The molecule has 0 saturated carbocycles. The quantitative estimate of drug-likeness (QED) is 0.108. The Morgan fingerprint density at radius 2 is 0.754 bits per heavy atom. The summed E-state index contributed by atoms with van der Waals surface area (Å²) in [5.41, 5.74) is 0. The third kappa shape index (κ3) is 7.49. The molecule has 0 N–H and O–H groups in total. The van der Waals surface area contributed by atoms with Gasteiger partial charge in [-0.25, -0.2) is 25.3 Å². The van der Waals surface area contributed by atoms with Crippen molar-refractivity contribution in [2.75, 3.05) is 18.1 Å². The van der Waals surface area contributed by atoms with Gasteiger partial charge in [-0.1, -0.05) is 37.6 Å². The number of hydrogen-bond acceptors (Lipinski definition) is 7. The second-order valence-electron chi connectivity index (χ2n) is 14.3. The molecule has 0 amide bonds. The Kier molecular flexibility index (Phi) is 14.8. The van der Waals surface area contributed by atoms with E-state index in [9.17, 15) is 91.1 Å². The zero-order valence-corrected chi connectivity index (χ0v) is 35.9. The third-order valence-electron chi connectivity index (χ3n) is 10.1. The summed E-state index contributed by atoms with van der Waals surface area (Å²) in [6.07, 6.45) is -29.2. The van der Waals surface area contributed by atoms with Crippen LogP contribution in [0.1, 0.15) is 32.6 Å². The van der Waals surface area contributed by atoms with Crippen LogP contribution in [0, 0.1) is 0 Å². The van der Waals surface area contributed by atoms with Crippen molar-refractivity contribution in [3.63, 3.8) is 0 Å². The largest absolute Gasteiger partial charge is 0.493 e. The molecule has 1 fully saturated rings. The Morgan fingerprint density at radius 3 is 1.04 bits per heavy atom. The van der Waals surface area contributed by atoms with Crippen LogP contribution in [0.5, 0.6) is 5.75 Å². The molecular weight excluding hydrogens is 1130 g/mol. The van der Waals surface area contributed by atoms with E-state index in [0.29, 0.717) is 18.2 Å². The van der Waals surface area contributed by atoms with Gasteiger partial charge in [-0.3, -0.25) is 0 Å². The van der Waals surface area contributed by atoms with Gasteiger partial charge < -0.3 is 4.74 Å². The molecule has 0 radical (unpaired) electrons. The normalized spacial score (nSPS) is 18.1. The first-order chi connectivity index (χ1) is 30.2. The van der Waals surface area contributed by atoms with E-state index in [1.165, 1.54) is 6.92 Å². The maximum Gasteiger partial charge on any atom is 0.460 e. The van der Waals surface area contributed by atoms with E-state index in [4.69, 9.17) is 4.74 Å². The predicted molar refractivity (Wildman–Crippen MR) is 181 cm³/mol. The molecule has 2 aromatic rings. The highest BCUT2D eigenvalue weighted by molar-refractivity contribution is 8.56. The molecule has 0 aromatic heterocycles. The van der Waals surface area contributed by atoms with E-state index in [2.05, 4.69) is 0 Å². The summed E-state index contributed by atoms with van der Waals surface area (Å²) in [6.45, 7) is 0.855. The number of unbranched alkanes of at least 4 members (excludes halogenated alkanes) is 1. The number of ether oxygens (including phenoxy) is 1. The molecule has 402 valence electrons. The van der Waals surface area contributed by atoms with Crippen LogP contribution in [0.4, 0.5) is 119 Å². The van der Waals surface area contributed by atoms with E-state index in [1.54, 1.807) is 0 Å². The number of benzene rings is 2. The number of alkyl halides is 27. The van der Waals surface area contributed by atoms with Crippen LogP contribution in [0.25, 0.3) is 10.8 Å². The Morgan fingerprint density at radius 1 is 0.449 bits per heavy atom. The molecule has 1 heterocycles. The number of sulfone groups is 3. The highest BCUT2D eigenvalue weighted by atomic mass is 32.4. The van der Waals surface area contributed by atoms with Crippen molar-refractivity contribution in [1.82, 2.24) is 0 Å². The predicted octanol–water partition coefficient (Wildman–Crippen LogP) is 12.1. The standard InChI is InChI=1S/C31H23F27O7S4/c1-2-3-12-65-17-10-11-18(16-9-5-4-8-15(16)17)66(13-6-7-14-66)31(67(59,60)28(53,54)22(38,39)19(32,33)25(44,45)46,68(61,62)29(55,56)23(40,41)20(34,35)26(47,48)49)69(63,64)30(57,58)24(42,43)21(36,37)27(50,51)52/h4-5,8-11H,2-3,6-7,12-14H2,1H3. The molecule has 0 spiro atoms. The van der Waals surface area contributed by atoms with Crippen molar-refractivity contribution in [3.05, 3.63) is 36.4 Å². The summed E-state index contributed by atoms with van der Waals surface area (Å²) in [6, 6.07) is 1.30. The first-order valence-corrected chi connectivity index (χ1v) is 23.9. The van der Waals surface area contributed by atoms with Crippen LogP contribution in [0.3, 0.4) is 0 Å². The zero-order valence-electron chi connectivity index (χ0n) is 32.6. The third-order valence-corrected chi connectivity index (χ3v) is 27.8. The molecule has 69 heavy (non-hydrogen) atoms. The topological polar surface area (TPSA) is 112 Å². The first kappa shape index (κ1) is 60.1. The lowest BCUT2D eigenvalue weighted by atomic mass is 10.1. The maximum absolute atomic E-state index is 16.3. The zero-order chi connectivity index (χ0) is 54.7. The Labute approximate surface area is 368 Å². The van der Waals surface area contributed by atoms with Gasteiger partial charge in [0, 0.05) is 10.3 Å². The Balaban J connectivity index is 3.17. The van der Waals surface area contributed by atoms with Gasteiger partial charge >= 0.3 is 72.6 Å². The second kappa shape index (κ2) is 16.9. The smallest absolute Gasteiger partial charge is 0.460 e. The van der Waals surface area contributed by atoms with Gasteiger partial charge in [-0.15, -0.1) is 0 Å². The molecule has 0 atom stereocenters. The van der Waals surface area contributed by atoms with E-state index in [-0.39, 0.29) is 25.0 Å². The lowest BCUT2D eigenvalue weighted by Crippen LogP contribution is -2.77. The molecule has 0 bridgehead atoms. The molecule has 1 aliphatic rings. The average Bonchev–Trinajstić information content (AvgIpc) is 3.66. The summed E-state index contributed by atoms with van der Waals surface area (Å²) >= 11 is 0. The van der Waals surface area contributed by atoms with E-state index in [1.807, 2.05) is 0 Å². The van der Waals surface area contributed by atoms with Crippen LogP contribution in [-0.2, 0) is 29.5 Å². The summed E-state index contributed by atoms with van der Waals surface area (Å²) in [4.78, 5) is -2.46. The van der Waals surface area contributed by atoms with Gasteiger partial charge in [-0.2, -0.15) is 129 Å². The maximum atomic E-state index is 16.3. The lowest BCUT2D eigenvalue weighted by molar-refractivity contribution is -0.382. The average molecular weight is 1150 g/mol. The van der Waals surface area contributed by atoms with E-state index < -0.39 is 171 Å². The monoisotopic (exact) mass is 1150 g/mol. The van der Waals surface area contributed by atoms with Gasteiger partial charge in [0.25, 0.3) is 29.5 Å². The van der Waals surface area contributed by atoms with Crippen LogP contribution >= 0.6 is 10.0 Å². The van der Waals surface area contributed by atoms with Crippen LogP contribution in [-0.4, -0.2) is 116 Å². The fourth-order valence-electron chi connectivity index (χ4n) is 6.56. The van der Waals surface area contributed by atoms with Gasteiger partial charge in [0.1, 0.15) is 5.75 Å². The minimum Gasteiger partial charge on any atom is -0.493 e. The second-order valence-corrected chi connectivity index (χ2v) is 25.9. The Bertz CT molecular complexity index is 2400. The van der Waals surface area contributed by atoms with Gasteiger partial charge in [0.05, 0.1) is 6.61 Å². The number of hydrogen-bond donors (Lipinski definition) is 0. The molecule has 7 nitrogen and oxygen atoms in total. The highest BCUT2D eigenvalue weighted by Gasteiger charge is 3.00. The molecule has 2 aromatic carbocycles. The summed E-state index contributed by atoms with van der Waals surface area (Å²) in [5.74, 6) is -62.4. The van der Waals surface area contributed by atoms with Crippen molar-refractivity contribution >= 4 is 50.3 Å². The summed E-state index contributed by atoms with van der Waals surface area (Å²) in [7, 11) is -41.3. The molecule has 0 unspecified atom stereocenters. The Hall–Kier alpha value is -3.19. The van der Waals surface area contributed by atoms with Crippen molar-refractivity contribution in [1.29, 1.82) is 0 Å². The fraction of sp³-hybridized carbons (Fsp3) is 0.677. The van der Waals surface area contributed by atoms with Crippen molar-refractivity contribution in [2.45, 2.75) is 110 Å².